The van der Waals surface area contributed by atoms with Crippen LogP contribution in [0.4, 0.5) is 5.69 Å². The minimum absolute atomic E-state index is 0.227. The topological polar surface area (TPSA) is 55.4 Å². The Morgan fingerprint density at radius 1 is 1.10 bits per heavy atom. The van der Waals surface area contributed by atoms with Crippen molar-refractivity contribution in [1.29, 1.82) is 0 Å². The van der Waals surface area contributed by atoms with Gasteiger partial charge in [0.1, 0.15) is 4.88 Å². The predicted molar refractivity (Wildman–Crippen MR) is 79.4 cm³/mol. The summed E-state index contributed by atoms with van der Waals surface area (Å²) >= 11 is 1.11. The lowest BCUT2D eigenvalue weighted by Gasteiger charge is -2.04. The van der Waals surface area contributed by atoms with Crippen LogP contribution in [0, 0.1) is 0 Å². The minimum atomic E-state index is -0.429. The molecule has 1 N–H and O–H groups in total. The number of carbonyl (C=O) groups excluding carboxylic acids is 2. The molecule has 0 unspecified atom stereocenters. The van der Waals surface area contributed by atoms with E-state index in [4.69, 9.17) is 0 Å². The first-order valence-corrected chi connectivity index (χ1v) is 7.04. The van der Waals surface area contributed by atoms with Crippen molar-refractivity contribution in [2.45, 2.75) is 13.3 Å². The number of carbonyl (C=O) groups is 2. The average molecular weight is 289 g/mol. The molecule has 5 heteroatoms. The molecule has 0 radical (unpaired) electrons. The monoisotopic (exact) mass is 289 g/mol. The Hall–Kier alpha value is -2.14. The maximum absolute atomic E-state index is 12.0. The number of amides is 1. The van der Waals surface area contributed by atoms with Gasteiger partial charge in [0.05, 0.1) is 12.0 Å². The molecule has 0 fully saturated rings. The lowest BCUT2D eigenvalue weighted by molar-refractivity contribution is 0.0606. The van der Waals surface area contributed by atoms with E-state index in [9.17, 15) is 9.59 Å². The third-order valence-corrected chi connectivity index (χ3v) is 3.90. The van der Waals surface area contributed by atoms with Crippen LogP contribution in [0.5, 0.6) is 0 Å². The van der Waals surface area contributed by atoms with Gasteiger partial charge in [-0.3, -0.25) is 4.79 Å². The quantitative estimate of drug-likeness (QED) is 0.878. The van der Waals surface area contributed by atoms with Gasteiger partial charge in [-0.2, -0.15) is 0 Å². The Bertz CT molecular complexity index is 616. The second kappa shape index (κ2) is 6.34. The summed E-state index contributed by atoms with van der Waals surface area (Å²) in [5.41, 5.74) is 1.95. The van der Waals surface area contributed by atoms with E-state index in [1.54, 1.807) is 12.1 Å². The lowest BCUT2D eigenvalue weighted by Crippen LogP contribution is -2.10. The van der Waals surface area contributed by atoms with Crippen molar-refractivity contribution in [1.82, 2.24) is 0 Å². The molecule has 0 saturated heterocycles. The summed E-state index contributed by atoms with van der Waals surface area (Å²) in [6.45, 7) is 2.08. The number of ether oxygens (including phenoxy) is 1. The maximum Gasteiger partial charge on any atom is 0.348 e. The van der Waals surface area contributed by atoms with Crippen molar-refractivity contribution >= 4 is 28.9 Å². The summed E-state index contributed by atoms with van der Waals surface area (Å²) in [6, 6.07) is 10.9. The molecule has 0 atom stereocenters. The first-order chi connectivity index (χ1) is 9.63. The molecule has 2 rings (SSSR count). The number of anilines is 1. The van der Waals surface area contributed by atoms with E-state index in [1.807, 2.05) is 24.3 Å². The van der Waals surface area contributed by atoms with Crippen molar-refractivity contribution in [2.75, 3.05) is 12.4 Å². The molecule has 1 amide bonds. The van der Waals surface area contributed by atoms with E-state index in [0.29, 0.717) is 9.75 Å². The van der Waals surface area contributed by atoms with Crippen LogP contribution in [0.1, 0.15) is 31.8 Å². The number of rotatable bonds is 4. The van der Waals surface area contributed by atoms with E-state index in [0.717, 1.165) is 23.4 Å². The first-order valence-electron chi connectivity index (χ1n) is 6.22. The molecule has 0 spiro atoms. The molecule has 0 saturated carbocycles. The van der Waals surface area contributed by atoms with E-state index in [1.165, 1.54) is 12.7 Å². The van der Waals surface area contributed by atoms with Gasteiger partial charge in [-0.25, -0.2) is 4.79 Å². The zero-order chi connectivity index (χ0) is 14.5. The van der Waals surface area contributed by atoms with Gasteiger partial charge in [-0.1, -0.05) is 19.1 Å². The van der Waals surface area contributed by atoms with E-state index in [2.05, 4.69) is 17.0 Å². The summed E-state index contributed by atoms with van der Waals surface area (Å²) in [5, 5.41) is 2.80. The Morgan fingerprint density at radius 3 is 2.35 bits per heavy atom. The van der Waals surface area contributed by atoms with Crippen molar-refractivity contribution in [2.24, 2.45) is 0 Å². The van der Waals surface area contributed by atoms with Gasteiger partial charge in [0.25, 0.3) is 5.91 Å². The van der Waals surface area contributed by atoms with Crippen LogP contribution in [0.3, 0.4) is 0 Å². The Kier molecular flexibility index (Phi) is 4.53. The van der Waals surface area contributed by atoms with Crippen LogP contribution in [0.25, 0.3) is 0 Å². The third kappa shape index (κ3) is 3.24. The van der Waals surface area contributed by atoms with Crippen LogP contribution < -0.4 is 5.32 Å². The molecule has 2 aromatic rings. The molecule has 1 heterocycles. The summed E-state index contributed by atoms with van der Waals surface area (Å²) in [4.78, 5) is 24.3. The predicted octanol–water partition coefficient (Wildman–Crippen LogP) is 3.35. The summed E-state index contributed by atoms with van der Waals surface area (Å²) in [7, 11) is 1.32. The molecular formula is C15H15NO3S. The van der Waals surface area contributed by atoms with Crippen LogP contribution in [-0.2, 0) is 11.2 Å². The van der Waals surface area contributed by atoms with Crippen molar-refractivity contribution in [3.05, 3.63) is 51.7 Å². The highest BCUT2D eigenvalue weighted by Crippen LogP contribution is 2.19. The fourth-order valence-electron chi connectivity index (χ4n) is 1.69. The number of aryl methyl sites for hydroxylation is 1. The molecule has 104 valence electrons. The largest absolute Gasteiger partial charge is 0.465 e. The van der Waals surface area contributed by atoms with E-state index in [-0.39, 0.29) is 5.91 Å². The van der Waals surface area contributed by atoms with Gasteiger partial charge in [0, 0.05) is 5.69 Å². The highest BCUT2D eigenvalue weighted by molar-refractivity contribution is 7.16. The van der Waals surface area contributed by atoms with Crippen molar-refractivity contribution in [3.8, 4) is 0 Å². The second-order valence-corrected chi connectivity index (χ2v) is 5.24. The Morgan fingerprint density at radius 2 is 1.75 bits per heavy atom. The lowest BCUT2D eigenvalue weighted by atomic mass is 10.1. The third-order valence-electron chi connectivity index (χ3n) is 2.84. The standard InChI is InChI=1S/C15H15NO3S/c1-3-10-4-6-11(7-5-10)16-14(17)12-8-9-13(20-12)15(18)19-2/h4-9H,3H2,1-2H3,(H,16,17). The molecule has 20 heavy (non-hydrogen) atoms. The fourth-order valence-corrected chi connectivity index (χ4v) is 2.51. The van der Waals surface area contributed by atoms with E-state index < -0.39 is 5.97 Å². The molecule has 0 aliphatic carbocycles. The zero-order valence-electron chi connectivity index (χ0n) is 11.3. The number of benzene rings is 1. The summed E-state index contributed by atoms with van der Waals surface area (Å²) in [5.74, 6) is -0.657. The fraction of sp³-hybridized carbons (Fsp3) is 0.200. The zero-order valence-corrected chi connectivity index (χ0v) is 12.1. The molecule has 4 nitrogen and oxygen atoms in total. The highest BCUT2D eigenvalue weighted by Gasteiger charge is 2.14. The number of esters is 1. The van der Waals surface area contributed by atoms with Crippen LogP contribution in [0.15, 0.2) is 36.4 Å². The number of hydrogen-bond donors (Lipinski definition) is 1. The Labute approximate surface area is 121 Å². The average Bonchev–Trinajstić information content (AvgIpc) is 2.97. The highest BCUT2D eigenvalue weighted by atomic mass is 32.1. The number of nitrogens with one attached hydrogen (secondary N) is 1. The Balaban J connectivity index is 2.07. The minimum Gasteiger partial charge on any atom is -0.465 e. The molecule has 0 aliphatic heterocycles. The normalized spacial score (nSPS) is 10.1. The van der Waals surface area contributed by atoms with Gasteiger partial charge >= 0.3 is 5.97 Å². The van der Waals surface area contributed by atoms with Crippen molar-refractivity contribution in [3.63, 3.8) is 0 Å². The summed E-state index contributed by atoms with van der Waals surface area (Å²) < 4.78 is 4.61. The molecule has 0 aliphatic rings. The van der Waals surface area contributed by atoms with Crippen LogP contribution in [0.2, 0.25) is 0 Å². The molecular weight excluding hydrogens is 274 g/mol. The van der Waals surface area contributed by atoms with Crippen LogP contribution in [-0.4, -0.2) is 19.0 Å². The van der Waals surface area contributed by atoms with E-state index >= 15 is 0 Å². The second-order valence-electron chi connectivity index (χ2n) is 4.16. The van der Waals surface area contributed by atoms with Crippen LogP contribution >= 0.6 is 11.3 Å². The van der Waals surface area contributed by atoms with Gasteiger partial charge in [-0.15, -0.1) is 11.3 Å². The van der Waals surface area contributed by atoms with Crippen molar-refractivity contribution < 1.29 is 14.3 Å². The SMILES string of the molecule is CCc1ccc(NC(=O)c2ccc(C(=O)OC)s2)cc1. The molecule has 0 bridgehead atoms. The summed E-state index contributed by atoms with van der Waals surface area (Å²) in [6.07, 6.45) is 0.960. The maximum atomic E-state index is 12.0. The number of thiophene rings is 1. The van der Waals surface area contributed by atoms with Gasteiger partial charge in [0.15, 0.2) is 0 Å². The van der Waals surface area contributed by atoms with Gasteiger partial charge < -0.3 is 10.1 Å². The first kappa shape index (κ1) is 14.3. The molecule has 1 aromatic heterocycles. The van der Waals surface area contributed by atoms with Gasteiger partial charge in [0.2, 0.25) is 0 Å². The molecule has 1 aromatic carbocycles. The van der Waals surface area contributed by atoms with Gasteiger partial charge in [-0.05, 0) is 36.2 Å². The number of methoxy groups -OCH3 is 1. The smallest absolute Gasteiger partial charge is 0.348 e. The number of hydrogen-bond acceptors (Lipinski definition) is 4.